The highest BCUT2D eigenvalue weighted by Gasteiger charge is 2.23. The lowest BCUT2D eigenvalue weighted by atomic mass is 9.95. The number of hydrogen-bond donors (Lipinski definition) is 0. The van der Waals surface area contributed by atoms with Crippen molar-refractivity contribution in [3.63, 3.8) is 0 Å². The number of thioether (sulfide) groups is 1. The molecule has 152 valence electrons. The maximum atomic E-state index is 6.19. The van der Waals surface area contributed by atoms with Gasteiger partial charge in [0.05, 0.1) is 10.7 Å². The van der Waals surface area contributed by atoms with Gasteiger partial charge >= 0.3 is 0 Å². The topological polar surface area (TPSA) is 7.12 Å². The Morgan fingerprint density at radius 2 is 1.83 bits per heavy atom. The van der Waals surface area contributed by atoms with Crippen molar-refractivity contribution in [3.05, 3.63) is 79.8 Å². The van der Waals surface area contributed by atoms with Crippen LogP contribution in [0.25, 0.3) is 16.3 Å². The fraction of sp³-hybridized carbons (Fsp3) is 0.208. The Kier molecular flexibility index (Phi) is 5.44. The fourth-order valence-electron chi connectivity index (χ4n) is 3.95. The molecule has 0 saturated heterocycles. The number of aryl methyl sites for hydroxylation is 1. The summed E-state index contributed by atoms with van der Waals surface area (Å²) in [6, 6.07) is 12.2. The van der Waals surface area contributed by atoms with Gasteiger partial charge in [0.1, 0.15) is 11.7 Å². The van der Waals surface area contributed by atoms with Gasteiger partial charge in [0, 0.05) is 34.1 Å². The summed E-state index contributed by atoms with van der Waals surface area (Å²) in [4.78, 5) is 3.50. The van der Waals surface area contributed by atoms with E-state index in [0.29, 0.717) is 0 Å². The third-order valence-electron chi connectivity index (χ3n) is 5.57. The first-order valence-electron chi connectivity index (χ1n) is 9.90. The molecule has 1 aliphatic heterocycles. The summed E-state index contributed by atoms with van der Waals surface area (Å²) in [5, 5.41) is 4.06. The molecule has 0 atom stereocenters. The van der Waals surface area contributed by atoms with E-state index in [1.54, 1.807) is 0 Å². The van der Waals surface area contributed by atoms with E-state index in [9.17, 15) is 0 Å². The van der Waals surface area contributed by atoms with Gasteiger partial charge in [-0.05, 0) is 66.8 Å². The summed E-state index contributed by atoms with van der Waals surface area (Å²) in [5.74, 6) is 0. The van der Waals surface area contributed by atoms with Crippen LogP contribution < -0.4 is 9.47 Å². The Balaban J connectivity index is 1.45. The van der Waals surface area contributed by atoms with Crippen LogP contribution in [0.3, 0.4) is 0 Å². The Morgan fingerprint density at radius 1 is 1.03 bits per heavy atom. The lowest BCUT2D eigenvalue weighted by Crippen LogP contribution is -2.29. The van der Waals surface area contributed by atoms with Gasteiger partial charge in [-0.1, -0.05) is 52.4 Å². The monoisotopic (exact) mass is 471 g/mol. The molecule has 0 spiro atoms. The Morgan fingerprint density at radius 3 is 2.70 bits per heavy atom. The lowest BCUT2D eigenvalue weighted by molar-refractivity contribution is -0.642. The molecule has 2 nitrogen and oxygen atoms in total. The number of halogens is 2. The number of thiazole rings is 1. The van der Waals surface area contributed by atoms with Gasteiger partial charge in [-0.15, -0.1) is 0 Å². The van der Waals surface area contributed by atoms with Crippen molar-refractivity contribution in [2.24, 2.45) is 7.05 Å². The van der Waals surface area contributed by atoms with E-state index >= 15 is 0 Å². The SMILES string of the molecule is CN1C(=CC2=CC(=Cc3sc4ccc(Cl)cc4[n+]3C)CCC2)Sc2ccc(Cl)cc21. The van der Waals surface area contributed by atoms with Crippen LogP contribution >= 0.6 is 46.3 Å². The third kappa shape index (κ3) is 3.82. The summed E-state index contributed by atoms with van der Waals surface area (Å²) in [5.41, 5.74) is 5.13. The number of nitrogens with zero attached hydrogens (tertiary/aromatic N) is 2. The van der Waals surface area contributed by atoms with Crippen molar-refractivity contribution in [3.8, 4) is 0 Å². The zero-order chi connectivity index (χ0) is 20.8. The summed E-state index contributed by atoms with van der Waals surface area (Å²) >= 11 is 16.0. The predicted octanol–water partition coefficient (Wildman–Crippen LogP) is 7.61. The Bertz CT molecular complexity index is 1250. The second-order valence-corrected chi connectivity index (χ2v) is 10.7. The number of anilines is 1. The number of allylic oxidation sites excluding steroid dienone is 4. The molecule has 0 unspecified atom stereocenters. The average Bonchev–Trinajstić information content (AvgIpc) is 3.19. The average molecular weight is 472 g/mol. The van der Waals surface area contributed by atoms with Crippen LogP contribution in [0, 0.1) is 0 Å². The molecule has 30 heavy (non-hydrogen) atoms. The van der Waals surface area contributed by atoms with Crippen LogP contribution in [-0.4, -0.2) is 7.05 Å². The highest BCUT2D eigenvalue weighted by atomic mass is 35.5. The van der Waals surface area contributed by atoms with Gasteiger partial charge in [0.2, 0.25) is 5.52 Å². The standard InChI is InChI=1S/C24H21Cl2N2S2/c1-27-19-13-17(25)6-8-21(19)29-23(27)11-15-4-3-5-16(10-15)12-24-28(2)20-14-18(26)7-9-22(20)30-24/h6-14H,3-5H2,1-2H3/q+1. The minimum atomic E-state index is 0.780. The lowest BCUT2D eigenvalue weighted by Gasteiger charge is -2.16. The Hall–Kier alpha value is -1.72. The van der Waals surface area contributed by atoms with E-state index in [1.165, 1.54) is 48.4 Å². The van der Waals surface area contributed by atoms with Crippen LogP contribution in [0.1, 0.15) is 24.3 Å². The predicted molar refractivity (Wildman–Crippen MR) is 132 cm³/mol. The molecule has 2 heterocycles. The quantitative estimate of drug-likeness (QED) is 0.355. The molecule has 2 aromatic carbocycles. The second kappa shape index (κ2) is 8.08. The van der Waals surface area contributed by atoms with Gasteiger partial charge in [-0.3, -0.25) is 0 Å². The molecule has 0 bridgehead atoms. The van der Waals surface area contributed by atoms with Gasteiger partial charge in [-0.25, -0.2) is 0 Å². The maximum absolute atomic E-state index is 6.19. The molecule has 3 aromatic rings. The number of fused-ring (bicyclic) bond motifs is 2. The van der Waals surface area contributed by atoms with Gasteiger partial charge in [0.15, 0.2) is 0 Å². The molecule has 0 amide bonds. The van der Waals surface area contributed by atoms with E-state index in [0.717, 1.165) is 22.9 Å². The van der Waals surface area contributed by atoms with Gasteiger partial charge < -0.3 is 4.90 Å². The second-order valence-electron chi connectivity index (χ2n) is 7.66. The van der Waals surface area contributed by atoms with Crippen molar-refractivity contribution in [2.75, 3.05) is 11.9 Å². The van der Waals surface area contributed by atoms with E-state index < -0.39 is 0 Å². The maximum Gasteiger partial charge on any atom is 0.262 e. The van der Waals surface area contributed by atoms with Crippen LogP contribution in [0.15, 0.2) is 69.6 Å². The molecule has 0 radical (unpaired) electrons. The van der Waals surface area contributed by atoms with E-state index in [4.69, 9.17) is 23.2 Å². The number of hydrogen-bond acceptors (Lipinski definition) is 3. The normalized spacial score (nSPS) is 19.1. The van der Waals surface area contributed by atoms with E-state index in [2.05, 4.69) is 53.9 Å². The number of benzene rings is 2. The van der Waals surface area contributed by atoms with Crippen LogP contribution in [0.5, 0.6) is 0 Å². The molecular formula is C24H21Cl2N2S2+. The number of rotatable bonds is 2. The fourth-order valence-corrected chi connectivity index (χ4v) is 6.50. The van der Waals surface area contributed by atoms with Gasteiger partial charge in [0.25, 0.3) is 5.01 Å². The summed E-state index contributed by atoms with van der Waals surface area (Å²) in [6.45, 7) is 0. The zero-order valence-electron chi connectivity index (χ0n) is 16.8. The van der Waals surface area contributed by atoms with Crippen molar-refractivity contribution in [2.45, 2.75) is 24.2 Å². The summed E-state index contributed by atoms with van der Waals surface area (Å²) in [6.07, 6.45) is 10.4. The van der Waals surface area contributed by atoms with Gasteiger partial charge in [-0.2, -0.15) is 4.57 Å². The molecular weight excluding hydrogens is 451 g/mol. The molecule has 1 aromatic heterocycles. The first kappa shape index (κ1) is 20.2. The smallest absolute Gasteiger partial charge is 0.262 e. The van der Waals surface area contributed by atoms with Crippen molar-refractivity contribution >= 4 is 68.3 Å². The zero-order valence-corrected chi connectivity index (χ0v) is 19.9. The first-order valence-corrected chi connectivity index (χ1v) is 12.3. The first-order chi connectivity index (χ1) is 14.5. The largest absolute Gasteiger partial charge is 0.338 e. The highest BCUT2D eigenvalue weighted by Crippen LogP contribution is 2.46. The van der Waals surface area contributed by atoms with Crippen molar-refractivity contribution in [1.82, 2.24) is 0 Å². The number of aromatic nitrogens is 1. The summed E-state index contributed by atoms with van der Waals surface area (Å²) in [7, 11) is 4.23. The summed E-state index contributed by atoms with van der Waals surface area (Å²) < 4.78 is 3.50. The molecule has 0 saturated carbocycles. The van der Waals surface area contributed by atoms with Crippen molar-refractivity contribution < 1.29 is 4.57 Å². The molecule has 2 aliphatic rings. The molecule has 6 heteroatoms. The highest BCUT2D eigenvalue weighted by molar-refractivity contribution is 8.03. The minimum Gasteiger partial charge on any atom is -0.338 e. The van der Waals surface area contributed by atoms with Crippen LogP contribution in [0.2, 0.25) is 10.0 Å². The molecule has 5 rings (SSSR count). The molecule has 1 aliphatic carbocycles. The van der Waals surface area contributed by atoms with Crippen LogP contribution in [0.4, 0.5) is 5.69 Å². The molecule has 0 fully saturated rings. The third-order valence-corrected chi connectivity index (χ3v) is 8.38. The Labute approximate surface area is 195 Å². The van der Waals surface area contributed by atoms with Crippen molar-refractivity contribution in [1.29, 1.82) is 0 Å². The van der Waals surface area contributed by atoms with E-state index in [-0.39, 0.29) is 0 Å². The minimum absolute atomic E-state index is 0.780. The molecule has 0 N–H and O–H groups in total. The van der Waals surface area contributed by atoms with Crippen LogP contribution in [-0.2, 0) is 7.05 Å². The van der Waals surface area contributed by atoms with E-state index in [1.807, 2.05) is 47.4 Å².